The predicted molar refractivity (Wildman–Crippen MR) is 102 cm³/mol. The summed E-state index contributed by atoms with van der Waals surface area (Å²) >= 11 is 4.95. The summed E-state index contributed by atoms with van der Waals surface area (Å²) in [6.45, 7) is 4.01. The third-order valence-electron chi connectivity index (χ3n) is 3.40. The molecule has 0 aliphatic rings. The zero-order chi connectivity index (χ0) is 18.9. The van der Waals surface area contributed by atoms with Crippen molar-refractivity contribution >= 4 is 29.1 Å². The van der Waals surface area contributed by atoms with E-state index in [4.69, 9.17) is 17.0 Å². The highest BCUT2D eigenvalue weighted by atomic mass is 32.1. The summed E-state index contributed by atoms with van der Waals surface area (Å²) in [5, 5.41) is 2.38. The van der Waals surface area contributed by atoms with E-state index in [1.807, 2.05) is 24.3 Å². The van der Waals surface area contributed by atoms with Gasteiger partial charge in [0.25, 0.3) is 11.8 Å². The molecule has 2 rings (SSSR count). The van der Waals surface area contributed by atoms with Crippen molar-refractivity contribution in [2.45, 2.75) is 19.8 Å². The van der Waals surface area contributed by atoms with Crippen LogP contribution in [-0.2, 0) is 4.79 Å². The van der Waals surface area contributed by atoms with E-state index < -0.39 is 11.8 Å². The number of nitrogens with one attached hydrogen (secondary N) is 3. The Morgan fingerprint density at radius 2 is 1.73 bits per heavy atom. The maximum atomic E-state index is 11.8. The number of rotatable bonds is 5. The van der Waals surface area contributed by atoms with Gasteiger partial charge >= 0.3 is 0 Å². The number of nitrogens with zero attached hydrogens (tertiary/aromatic N) is 1. The van der Waals surface area contributed by atoms with E-state index in [0.717, 1.165) is 0 Å². The summed E-state index contributed by atoms with van der Waals surface area (Å²) < 4.78 is 5.40. The highest BCUT2D eigenvalue weighted by Gasteiger charge is 2.08. The average Bonchev–Trinajstić information content (AvgIpc) is 2.65. The van der Waals surface area contributed by atoms with Gasteiger partial charge in [0.2, 0.25) is 0 Å². The van der Waals surface area contributed by atoms with Crippen molar-refractivity contribution in [1.29, 1.82) is 0 Å². The molecule has 0 saturated heterocycles. The molecule has 0 aliphatic carbocycles. The van der Waals surface area contributed by atoms with E-state index in [9.17, 15) is 9.59 Å². The molecule has 136 valence electrons. The number of hydrogen-bond donors (Lipinski definition) is 3. The van der Waals surface area contributed by atoms with Crippen LogP contribution in [0.25, 0.3) is 0 Å². The topological polar surface area (TPSA) is 92.4 Å². The maximum Gasteiger partial charge on any atom is 0.269 e. The van der Waals surface area contributed by atoms with Crippen LogP contribution in [0, 0.1) is 0 Å². The van der Waals surface area contributed by atoms with Crippen LogP contribution in [0.3, 0.4) is 0 Å². The summed E-state index contributed by atoms with van der Waals surface area (Å²) in [6, 6.07) is 10.6. The number of benzene rings is 1. The molecule has 26 heavy (non-hydrogen) atoms. The Labute approximate surface area is 157 Å². The van der Waals surface area contributed by atoms with Gasteiger partial charge in [0.1, 0.15) is 5.75 Å². The number of ether oxygens (including phenoxy) is 1. The third-order valence-corrected chi connectivity index (χ3v) is 3.61. The normalized spacial score (nSPS) is 10.1. The van der Waals surface area contributed by atoms with Crippen LogP contribution in [0.2, 0.25) is 0 Å². The molecule has 2 aromatic rings. The summed E-state index contributed by atoms with van der Waals surface area (Å²) in [5.74, 6) is 0.187. The highest BCUT2D eigenvalue weighted by Crippen LogP contribution is 2.18. The number of aromatic nitrogens is 1. The zero-order valence-electron chi connectivity index (χ0n) is 14.5. The summed E-state index contributed by atoms with van der Waals surface area (Å²) in [6.07, 6.45) is 3.00. The number of carbonyl (C=O) groups excluding carboxylic acids is 2. The smallest absolute Gasteiger partial charge is 0.269 e. The molecule has 2 amide bonds. The van der Waals surface area contributed by atoms with Crippen LogP contribution >= 0.6 is 12.2 Å². The van der Waals surface area contributed by atoms with Crippen molar-refractivity contribution in [2.24, 2.45) is 0 Å². The molecular formula is C18H20N4O3S. The van der Waals surface area contributed by atoms with Crippen molar-refractivity contribution in [2.75, 3.05) is 6.61 Å². The molecule has 7 nitrogen and oxygen atoms in total. The molecule has 0 aliphatic heterocycles. The van der Waals surface area contributed by atoms with Crippen molar-refractivity contribution < 1.29 is 14.3 Å². The molecule has 0 unspecified atom stereocenters. The molecule has 8 heteroatoms. The number of thiocarbonyl (C=S) groups is 1. The minimum Gasteiger partial charge on any atom is -0.484 e. The summed E-state index contributed by atoms with van der Waals surface area (Å²) in [4.78, 5) is 27.5. The molecular weight excluding hydrogens is 352 g/mol. The lowest BCUT2D eigenvalue weighted by Gasteiger charge is -2.12. The van der Waals surface area contributed by atoms with Crippen molar-refractivity contribution in [3.8, 4) is 5.75 Å². The lowest BCUT2D eigenvalue weighted by molar-refractivity contribution is -0.121. The maximum absolute atomic E-state index is 11.8. The number of hydrogen-bond acceptors (Lipinski definition) is 5. The molecule has 0 radical (unpaired) electrons. The molecule has 0 atom stereocenters. The molecule has 0 saturated carbocycles. The largest absolute Gasteiger partial charge is 0.484 e. The Balaban J connectivity index is 1.71. The van der Waals surface area contributed by atoms with Gasteiger partial charge in [-0.2, -0.15) is 0 Å². The first kappa shape index (κ1) is 19.3. The predicted octanol–water partition coefficient (Wildman–Crippen LogP) is 1.92. The van der Waals surface area contributed by atoms with E-state index in [0.29, 0.717) is 17.2 Å². The first-order valence-electron chi connectivity index (χ1n) is 7.98. The molecule has 1 aromatic heterocycles. The molecule has 1 aromatic carbocycles. The summed E-state index contributed by atoms with van der Waals surface area (Å²) in [5.41, 5.74) is 6.44. The quantitative estimate of drug-likeness (QED) is 0.549. The fourth-order valence-corrected chi connectivity index (χ4v) is 2.15. The Morgan fingerprint density at radius 1 is 1.08 bits per heavy atom. The Hall–Kier alpha value is -3.00. The van der Waals surface area contributed by atoms with E-state index >= 15 is 0 Å². The molecule has 0 bridgehead atoms. The first-order chi connectivity index (χ1) is 12.5. The summed E-state index contributed by atoms with van der Waals surface area (Å²) in [7, 11) is 0. The lowest BCUT2D eigenvalue weighted by Crippen LogP contribution is -2.49. The average molecular weight is 372 g/mol. The second kappa shape index (κ2) is 9.47. The van der Waals surface area contributed by atoms with Gasteiger partial charge in [-0.1, -0.05) is 26.0 Å². The van der Waals surface area contributed by atoms with E-state index in [-0.39, 0.29) is 11.7 Å². The van der Waals surface area contributed by atoms with Gasteiger partial charge in [-0.3, -0.25) is 30.7 Å². The van der Waals surface area contributed by atoms with Crippen LogP contribution in [-0.4, -0.2) is 28.5 Å². The monoisotopic (exact) mass is 372 g/mol. The van der Waals surface area contributed by atoms with Gasteiger partial charge in [-0.25, -0.2) is 0 Å². The standard InChI is InChI=1S/C18H20N4O3S/c1-12(2)13-3-5-15(6-4-13)25-11-16(23)20-18(26)22-21-17(24)14-7-9-19-10-8-14/h3-10,12H,11H2,1-2H3,(H,21,24)(H2,20,22,23,26). The SMILES string of the molecule is CC(C)c1ccc(OCC(=O)NC(=S)NNC(=O)c2ccncc2)cc1. The second-order valence-corrected chi connectivity index (χ2v) is 6.11. The van der Waals surface area contributed by atoms with Gasteiger partial charge in [0.15, 0.2) is 11.7 Å². The molecule has 1 heterocycles. The van der Waals surface area contributed by atoms with Crippen molar-refractivity contribution in [3.63, 3.8) is 0 Å². The van der Waals surface area contributed by atoms with E-state index in [1.54, 1.807) is 12.1 Å². The number of hydrazine groups is 1. The Bertz CT molecular complexity index is 764. The Kier molecular flexibility index (Phi) is 7.04. The number of pyridine rings is 1. The molecule has 3 N–H and O–H groups in total. The number of amides is 2. The van der Waals surface area contributed by atoms with Gasteiger partial charge in [-0.15, -0.1) is 0 Å². The van der Waals surface area contributed by atoms with Crippen LogP contribution < -0.4 is 20.9 Å². The van der Waals surface area contributed by atoms with Crippen molar-refractivity contribution in [3.05, 3.63) is 59.9 Å². The second-order valence-electron chi connectivity index (χ2n) is 5.70. The minimum absolute atomic E-state index is 0.0313. The highest BCUT2D eigenvalue weighted by molar-refractivity contribution is 7.80. The number of carbonyl (C=O) groups is 2. The van der Waals surface area contributed by atoms with Crippen molar-refractivity contribution in [1.82, 2.24) is 21.2 Å². The van der Waals surface area contributed by atoms with E-state index in [1.165, 1.54) is 18.0 Å². The fraction of sp³-hybridized carbons (Fsp3) is 0.222. The van der Waals surface area contributed by atoms with Crippen LogP contribution in [0.1, 0.15) is 35.7 Å². The molecule has 0 fully saturated rings. The van der Waals surface area contributed by atoms with E-state index in [2.05, 4.69) is 35.0 Å². The minimum atomic E-state index is -0.436. The first-order valence-corrected chi connectivity index (χ1v) is 8.39. The van der Waals surface area contributed by atoms with Gasteiger partial charge in [0, 0.05) is 18.0 Å². The van der Waals surface area contributed by atoms with Gasteiger partial charge in [0.05, 0.1) is 0 Å². The van der Waals surface area contributed by atoms with Crippen LogP contribution in [0.4, 0.5) is 0 Å². The molecule has 0 spiro atoms. The zero-order valence-corrected chi connectivity index (χ0v) is 15.3. The van der Waals surface area contributed by atoms with Gasteiger partial charge in [-0.05, 0) is 48.0 Å². The van der Waals surface area contributed by atoms with Crippen LogP contribution in [0.5, 0.6) is 5.75 Å². The lowest BCUT2D eigenvalue weighted by atomic mass is 10.0. The van der Waals surface area contributed by atoms with Crippen LogP contribution in [0.15, 0.2) is 48.8 Å². The third kappa shape index (κ3) is 6.14. The van der Waals surface area contributed by atoms with Gasteiger partial charge < -0.3 is 4.74 Å². The Morgan fingerprint density at radius 3 is 2.35 bits per heavy atom. The fourth-order valence-electron chi connectivity index (χ4n) is 1.98.